The Hall–Kier alpha value is -0.0800. The van der Waals surface area contributed by atoms with Gasteiger partial charge in [-0.25, -0.2) is 0 Å². The minimum Gasteiger partial charge on any atom is -0.147 e. The van der Waals surface area contributed by atoms with Gasteiger partial charge in [0.2, 0.25) is 0 Å². The molecule has 1 rings (SSSR count). The fourth-order valence-corrected chi connectivity index (χ4v) is 2.93. The first kappa shape index (κ1) is 10.0. The van der Waals surface area contributed by atoms with Crippen molar-refractivity contribution in [3.05, 3.63) is 26.4 Å². The average Bonchev–Trinajstić information content (AvgIpc) is 2.37. The van der Waals surface area contributed by atoms with E-state index < -0.39 is 0 Å². The first-order valence-electron chi connectivity index (χ1n) is 4.18. The molecule has 0 radical (unpaired) electrons. The highest BCUT2D eigenvalue weighted by molar-refractivity contribution is 9.10. The lowest BCUT2D eigenvalue weighted by atomic mass is 10.2. The van der Waals surface area contributed by atoms with Crippen molar-refractivity contribution in [3.8, 4) is 0 Å². The highest BCUT2D eigenvalue weighted by Gasteiger charge is 2.04. The standard InChI is InChI=1S/C10H13BrS/c1-3-5-8-9(11)7-12-10(8)6-4-2/h3,5,7H,4,6H2,1-2H3. The molecular weight excluding hydrogens is 232 g/mol. The summed E-state index contributed by atoms with van der Waals surface area (Å²) in [5.74, 6) is 0. The van der Waals surface area contributed by atoms with Crippen molar-refractivity contribution in [2.24, 2.45) is 0 Å². The van der Waals surface area contributed by atoms with Gasteiger partial charge in [0, 0.05) is 20.3 Å². The van der Waals surface area contributed by atoms with Crippen LogP contribution in [0, 0.1) is 0 Å². The fourth-order valence-electron chi connectivity index (χ4n) is 1.14. The third-order valence-corrected chi connectivity index (χ3v) is 3.69. The zero-order valence-corrected chi connectivity index (χ0v) is 9.83. The molecule has 1 heterocycles. The second-order valence-corrected chi connectivity index (χ2v) is 4.49. The Bertz CT molecular complexity index is 273. The van der Waals surface area contributed by atoms with E-state index in [-0.39, 0.29) is 0 Å². The van der Waals surface area contributed by atoms with Crippen LogP contribution in [0.1, 0.15) is 30.7 Å². The van der Waals surface area contributed by atoms with Crippen molar-refractivity contribution in [2.45, 2.75) is 26.7 Å². The summed E-state index contributed by atoms with van der Waals surface area (Å²) in [6.07, 6.45) is 6.67. The van der Waals surface area contributed by atoms with Crippen molar-refractivity contribution in [3.63, 3.8) is 0 Å². The first-order valence-corrected chi connectivity index (χ1v) is 5.85. The highest BCUT2D eigenvalue weighted by atomic mass is 79.9. The molecule has 0 aromatic carbocycles. The maximum atomic E-state index is 3.55. The smallest absolute Gasteiger partial charge is 0.0357 e. The molecule has 0 amide bonds. The van der Waals surface area contributed by atoms with Crippen LogP contribution in [-0.2, 0) is 6.42 Å². The van der Waals surface area contributed by atoms with Crippen LogP contribution in [0.4, 0.5) is 0 Å². The SMILES string of the molecule is CC=Cc1c(Br)csc1CCC. The average molecular weight is 245 g/mol. The third-order valence-electron chi connectivity index (χ3n) is 1.67. The minimum atomic E-state index is 1.19. The van der Waals surface area contributed by atoms with Crippen LogP contribution < -0.4 is 0 Å². The van der Waals surface area contributed by atoms with Gasteiger partial charge in [0.05, 0.1) is 0 Å². The van der Waals surface area contributed by atoms with Gasteiger partial charge >= 0.3 is 0 Å². The Kier molecular flexibility index (Phi) is 4.02. The van der Waals surface area contributed by atoms with Crippen molar-refractivity contribution in [1.82, 2.24) is 0 Å². The van der Waals surface area contributed by atoms with Crippen LogP contribution in [0.5, 0.6) is 0 Å². The molecule has 12 heavy (non-hydrogen) atoms. The monoisotopic (exact) mass is 244 g/mol. The predicted molar refractivity (Wildman–Crippen MR) is 60.7 cm³/mol. The molecule has 0 N–H and O–H groups in total. The van der Waals surface area contributed by atoms with Gasteiger partial charge in [0.1, 0.15) is 0 Å². The van der Waals surface area contributed by atoms with E-state index >= 15 is 0 Å². The van der Waals surface area contributed by atoms with Crippen LogP contribution in [0.3, 0.4) is 0 Å². The lowest BCUT2D eigenvalue weighted by molar-refractivity contribution is 0.937. The molecule has 66 valence electrons. The Labute approximate surface area is 86.4 Å². The number of thiophene rings is 1. The summed E-state index contributed by atoms with van der Waals surface area (Å²) in [7, 11) is 0. The van der Waals surface area contributed by atoms with Crippen LogP contribution in [-0.4, -0.2) is 0 Å². The second-order valence-electron chi connectivity index (χ2n) is 2.67. The Morgan fingerprint density at radius 2 is 2.33 bits per heavy atom. The molecule has 0 atom stereocenters. The molecule has 1 aromatic rings. The summed E-state index contributed by atoms with van der Waals surface area (Å²) >= 11 is 5.39. The minimum absolute atomic E-state index is 1.19. The molecule has 0 fully saturated rings. The van der Waals surface area contributed by atoms with E-state index in [0.717, 1.165) is 0 Å². The first-order chi connectivity index (χ1) is 5.79. The Morgan fingerprint density at radius 1 is 1.58 bits per heavy atom. The van der Waals surface area contributed by atoms with E-state index in [1.54, 1.807) is 0 Å². The number of allylic oxidation sites excluding steroid dienone is 1. The number of hydrogen-bond donors (Lipinski definition) is 0. The molecule has 2 heteroatoms. The van der Waals surface area contributed by atoms with Crippen molar-refractivity contribution in [2.75, 3.05) is 0 Å². The van der Waals surface area contributed by atoms with Crippen LogP contribution in [0.15, 0.2) is 15.9 Å². The van der Waals surface area contributed by atoms with Crippen molar-refractivity contribution in [1.29, 1.82) is 0 Å². The van der Waals surface area contributed by atoms with E-state index in [0.29, 0.717) is 0 Å². The third kappa shape index (κ3) is 2.20. The van der Waals surface area contributed by atoms with Gasteiger partial charge < -0.3 is 0 Å². The Balaban J connectivity index is 2.95. The van der Waals surface area contributed by atoms with Gasteiger partial charge in [0.15, 0.2) is 0 Å². The topological polar surface area (TPSA) is 0 Å². The molecule has 0 nitrogen and oxygen atoms in total. The molecule has 0 aliphatic carbocycles. The van der Waals surface area contributed by atoms with Gasteiger partial charge in [-0.15, -0.1) is 11.3 Å². The lowest BCUT2D eigenvalue weighted by Crippen LogP contribution is -1.80. The van der Waals surface area contributed by atoms with Gasteiger partial charge in [-0.05, 0) is 29.3 Å². The molecule has 0 bridgehead atoms. The van der Waals surface area contributed by atoms with E-state index in [1.165, 1.54) is 27.8 Å². The summed E-state index contributed by atoms with van der Waals surface area (Å²) in [4.78, 5) is 1.49. The lowest BCUT2D eigenvalue weighted by Gasteiger charge is -1.96. The maximum Gasteiger partial charge on any atom is 0.0357 e. The fraction of sp³-hybridized carbons (Fsp3) is 0.400. The van der Waals surface area contributed by atoms with E-state index in [9.17, 15) is 0 Å². The molecule has 0 saturated heterocycles. The number of halogens is 1. The van der Waals surface area contributed by atoms with Crippen LogP contribution >= 0.6 is 27.3 Å². The summed E-state index contributed by atoms with van der Waals surface area (Å²) in [6.45, 7) is 4.27. The normalized spacial score (nSPS) is 11.2. The number of rotatable bonds is 3. The summed E-state index contributed by atoms with van der Waals surface area (Å²) in [5.41, 5.74) is 1.37. The Morgan fingerprint density at radius 3 is 2.92 bits per heavy atom. The van der Waals surface area contributed by atoms with Crippen molar-refractivity contribution >= 4 is 33.3 Å². The van der Waals surface area contributed by atoms with Gasteiger partial charge in [-0.2, -0.15) is 0 Å². The zero-order valence-electron chi connectivity index (χ0n) is 7.43. The van der Waals surface area contributed by atoms with E-state index in [1.807, 2.05) is 11.3 Å². The summed E-state index contributed by atoms with van der Waals surface area (Å²) < 4.78 is 1.23. The van der Waals surface area contributed by atoms with Gasteiger partial charge in [-0.3, -0.25) is 0 Å². The highest BCUT2D eigenvalue weighted by Crippen LogP contribution is 2.29. The largest absolute Gasteiger partial charge is 0.147 e. The molecule has 0 spiro atoms. The van der Waals surface area contributed by atoms with E-state index in [2.05, 4.69) is 47.3 Å². The molecule has 0 unspecified atom stereocenters. The quantitative estimate of drug-likeness (QED) is 0.735. The zero-order chi connectivity index (χ0) is 8.97. The predicted octanol–water partition coefficient (Wildman–Crippen LogP) is 4.50. The van der Waals surface area contributed by atoms with Gasteiger partial charge in [0.25, 0.3) is 0 Å². The molecule has 0 saturated carbocycles. The number of hydrogen-bond acceptors (Lipinski definition) is 1. The molecule has 0 aliphatic heterocycles. The van der Waals surface area contributed by atoms with E-state index in [4.69, 9.17) is 0 Å². The van der Waals surface area contributed by atoms with Crippen molar-refractivity contribution < 1.29 is 0 Å². The number of aryl methyl sites for hydroxylation is 1. The molecule has 1 aromatic heterocycles. The van der Waals surface area contributed by atoms with Crippen LogP contribution in [0.2, 0.25) is 0 Å². The molecule has 0 aliphatic rings. The second kappa shape index (κ2) is 4.83. The van der Waals surface area contributed by atoms with Gasteiger partial charge in [-0.1, -0.05) is 25.5 Å². The summed E-state index contributed by atoms with van der Waals surface area (Å²) in [6, 6.07) is 0. The summed E-state index contributed by atoms with van der Waals surface area (Å²) in [5, 5.41) is 2.17. The molecular formula is C10H13BrS. The van der Waals surface area contributed by atoms with Crippen LogP contribution in [0.25, 0.3) is 6.08 Å². The maximum absolute atomic E-state index is 3.55.